The van der Waals surface area contributed by atoms with E-state index in [1.54, 1.807) is 0 Å². The average Bonchev–Trinajstić information content (AvgIpc) is 3.75. The molecule has 0 spiro atoms. The minimum absolute atomic E-state index is 0.614. The van der Waals surface area contributed by atoms with Crippen LogP contribution in [-0.2, 0) is 39.4 Å². The predicted octanol–water partition coefficient (Wildman–Crippen LogP) is 3.56. The number of benzene rings is 1. The number of fused-ring (bicyclic) bond motifs is 3. The van der Waals surface area contributed by atoms with E-state index < -0.39 is 0 Å². The van der Waals surface area contributed by atoms with Crippen molar-refractivity contribution in [3.63, 3.8) is 0 Å². The van der Waals surface area contributed by atoms with Crippen molar-refractivity contribution in [3.05, 3.63) is 77.9 Å². The molecule has 0 unspecified atom stereocenters. The number of aryl methyl sites for hydroxylation is 4. The van der Waals surface area contributed by atoms with Crippen molar-refractivity contribution in [3.8, 4) is 33.6 Å². The van der Waals surface area contributed by atoms with E-state index >= 15 is 0 Å². The van der Waals surface area contributed by atoms with Crippen LogP contribution < -0.4 is 0 Å². The zero-order chi connectivity index (χ0) is 28.6. The maximum absolute atomic E-state index is 5.08. The Kier molecular flexibility index (Phi) is 7.17. The fourth-order valence-corrected chi connectivity index (χ4v) is 6.12. The zero-order valence-electron chi connectivity index (χ0n) is 24.7. The summed E-state index contributed by atoms with van der Waals surface area (Å²) in [4.78, 5) is 14.7. The van der Waals surface area contributed by atoms with Gasteiger partial charge in [-0.1, -0.05) is 24.3 Å². The highest BCUT2D eigenvalue weighted by molar-refractivity contribution is 5.84. The van der Waals surface area contributed by atoms with E-state index in [1.165, 1.54) is 5.56 Å². The third-order valence-corrected chi connectivity index (χ3v) is 8.63. The molecule has 4 aromatic heterocycles. The Morgan fingerprint density at radius 2 is 1.62 bits per heavy atom. The lowest BCUT2D eigenvalue weighted by atomic mass is 9.91. The lowest BCUT2D eigenvalue weighted by molar-refractivity contribution is 0.149. The van der Waals surface area contributed by atoms with E-state index in [0.29, 0.717) is 6.42 Å². The first-order valence-corrected chi connectivity index (χ1v) is 15.0. The minimum atomic E-state index is 0.614. The molecule has 10 heteroatoms. The number of hydrogen-bond acceptors (Lipinski definition) is 7. The summed E-state index contributed by atoms with van der Waals surface area (Å²) in [5.74, 6) is 0.790. The summed E-state index contributed by atoms with van der Waals surface area (Å²) >= 11 is 0. The first-order chi connectivity index (χ1) is 20.5. The van der Waals surface area contributed by atoms with Crippen LogP contribution in [0, 0.1) is 0 Å². The predicted molar refractivity (Wildman–Crippen MR) is 163 cm³/mol. The van der Waals surface area contributed by atoms with Crippen LogP contribution in [0.3, 0.4) is 0 Å². The second kappa shape index (κ2) is 11.3. The highest BCUT2D eigenvalue weighted by atomic mass is 15.3. The molecule has 5 aromatic rings. The lowest BCUT2D eigenvalue weighted by Crippen LogP contribution is -2.45. The third kappa shape index (κ3) is 5.28. The van der Waals surface area contributed by atoms with Gasteiger partial charge in [0.15, 0.2) is 0 Å². The van der Waals surface area contributed by atoms with E-state index in [-0.39, 0.29) is 0 Å². The molecule has 216 valence electrons. The fraction of sp³-hybridized carbons (Fsp3) is 0.406. The second-order valence-electron chi connectivity index (χ2n) is 11.5. The largest absolute Gasteiger partial charge is 0.304 e. The molecule has 7 rings (SSSR count). The van der Waals surface area contributed by atoms with Crippen molar-refractivity contribution in [2.45, 2.75) is 39.3 Å². The Balaban J connectivity index is 1.11. The Labute approximate surface area is 246 Å². The summed E-state index contributed by atoms with van der Waals surface area (Å²) in [6, 6.07) is 10.8. The number of rotatable bonds is 8. The molecular weight excluding hydrogens is 524 g/mol. The van der Waals surface area contributed by atoms with Gasteiger partial charge in [-0.3, -0.25) is 18.9 Å². The van der Waals surface area contributed by atoms with Crippen molar-refractivity contribution < 1.29 is 0 Å². The monoisotopic (exact) mass is 562 g/mol. The molecule has 0 saturated carbocycles. The maximum Gasteiger partial charge on any atom is 0.134 e. The van der Waals surface area contributed by atoms with Crippen LogP contribution in [0.25, 0.3) is 33.6 Å². The summed E-state index contributed by atoms with van der Waals surface area (Å²) in [6.45, 7) is 9.43. The molecule has 1 aliphatic heterocycles. The number of piperazine rings is 1. The van der Waals surface area contributed by atoms with Crippen molar-refractivity contribution >= 4 is 0 Å². The van der Waals surface area contributed by atoms with E-state index in [0.717, 1.165) is 110 Å². The molecule has 10 nitrogen and oxygen atoms in total. The van der Waals surface area contributed by atoms with Crippen LogP contribution in [0.2, 0.25) is 0 Å². The van der Waals surface area contributed by atoms with Gasteiger partial charge in [0.05, 0.1) is 41.9 Å². The van der Waals surface area contributed by atoms with Crippen LogP contribution in [0.15, 0.2) is 55.1 Å². The van der Waals surface area contributed by atoms with Gasteiger partial charge < -0.3 is 4.90 Å². The molecular formula is C32H38N10. The summed E-state index contributed by atoms with van der Waals surface area (Å²) in [5.41, 5.74) is 9.93. The molecule has 0 amide bonds. The quantitative estimate of drug-likeness (QED) is 0.286. The van der Waals surface area contributed by atoms with E-state index in [1.807, 2.05) is 41.1 Å². The van der Waals surface area contributed by atoms with Gasteiger partial charge in [-0.25, -0.2) is 9.97 Å². The Hall–Kier alpha value is -4.15. The maximum atomic E-state index is 5.08. The van der Waals surface area contributed by atoms with Gasteiger partial charge in [-0.05, 0) is 44.0 Å². The van der Waals surface area contributed by atoms with Gasteiger partial charge in [0, 0.05) is 81.6 Å². The van der Waals surface area contributed by atoms with Gasteiger partial charge in [0.2, 0.25) is 0 Å². The Morgan fingerprint density at radius 3 is 2.40 bits per heavy atom. The molecule has 5 heterocycles. The first kappa shape index (κ1) is 26.7. The first-order valence-electron chi connectivity index (χ1n) is 15.0. The third-order valence-electron chi connectivity index (χ3n) is 8.63. The zero-order valence-corrected chi connectivity index (χ0v) is 24.7. The van der Waals surface area contributed by atoms with Crippen LogP contribution in [0.5, 0.6) is 0 Å². The molecule has 1 saturated heterocycles. The lowest BCUT2D eigenvalue weighted by Gasteiger charge is -2.32. The Bertz CT molecular complexity index is 1680. The topological polar surface area (TPSA) is 85.7 Å². The Morgan fingerprint density at radius 1 is 0.810 bits per heavy atom. The molecule has 42 heavy (non-hydrogen) atoms. The van der Waals surface area contributed by atoms with Crippen LogP contribution in [0.1, 0.15) is 29.7 Å². The molecule has 0 radical (unpaired) electrons. The number of hydrogen-bond donors (Lipinski definition) is 0. The fourth-order valence-electron chi connectivity index (χ4n) is 6.12. The molecule has 1 aromatic carbocycles. The van der Waals surface area contributed by atoms with Crippen molar-refractivity contribution in [2.75, 3.05) is 39.8 Å². The van der Waals surface area contributed by atoms with Gasteiger partial charge in [-0.15, -0.1) is 0 Å². The normalized spacial score (nSPS) is 15.6. The smallest absolute Gasteiger partial charge is 0.134 e. The van der Waals surface area contributed by atoms with Crippen LogP contribution in [-0.4, -0.2) is 88.9 Å². The van der Waals surface area contributed by atoms with Crippen LogP contribution in [0.4, 0.5) is 0 Å². The molecule has 0 atom stereocenters. The SMILES string of the molecule is CCn1ccc(Cc2ncc3c(n2)-c2c(nn(C)c2-c2ccc(-c4cnn(CCN5CCN(C)CC5)c4)cc2)CC3)n1. The molecule has 0 N–H and O–H groups in total. The summed E-state index contributed by atoms with van der Waals surface area (Å²) < 4.78 is 6.02. The van der Waals surface area contributed by atoms with Crippen molar-refractivity contribution in [1.82, 2.24) is 49.1 Å². The van der Waals surface area contributed by atoms with Gasteiger partial charge >= 0.3 is 0 Å². The average molecular weight is 563 g/mol. The summed E-state index contributed by atoms with van der Waals surface area (Å²) in [7, 11) is 4.23. The van der Waals surface area contributed by atoms with Gasteiger partial charge in [-0.2, -0.15) is 15.3 Å². The van der Waals surface area contributed by atoms with E-state index in [2.05, 4.69) is 69.1 Å². The summed E-state index contributed by atoms with van der Waals surface area (Å²) in [6.07, 6.45) is 10.6. The summed E-state index contributed by atoms with van der Waals surface area (Å²) in [5, 5.41) is 14.2. The standard InChI is InChI=1S/C32H38N10/c1-4-41-12-11-27(36-41)19-29-33-20-25-9-10-28-30(31(25)35-29)32(39(3)37-28)24-7-5-23(6-8-24)26-21-34-42(22-26)18-17-40-15-13-38(2)14-16-40/h5-8,11-12,20-22H,4,9-10,13-19H2,1-3H3. The number of likely N-dealkylation sites (N-methyl/N-ethyl adjacent to an activating group) is 1. The molecule has 0 bridgehead atoms. The van der Waals surface area contributed by atoms with Gasteiger partial charge in [0.25, 0.3) is 0 Å². The second-order valence-corrected chi connectivity index (χ2v) is 11.5. The van der Waals surface area contributed by atoms with Gasteiger partial charge in [0.1, 0.15) is 5.82 Å². The van der Waals surface area contributed by atoms with E-state index in [4.69, 9.17) is 15.1 Å². The molecule has 2 aliphatic rings. The highest BCUT2D eigenvalue weighted by Gasteiger charge is 2.27. The molecule has 1 fully saturated rings. The van der Waals surface area contributed by atoms with E-state index in [9.17, 15) is 0 Å². The van der Waals surface area contributed by atoms with Crippen LogP contribution >= 0.6 is 0 Å². The van der Waals surface area contributed by atoms with Crippen molar-refractivity contribution in [2.24, 2.45) is 7.05 Å². The van der Waals surface area contributed by atoms with Crippen molar-refractivity contribution in [1.29, 1.82) is 0 Å². The molecule has 1 aliphatic carbocycles. The number of aromatic nitrogens is 8. The highest BCUT2D eigenvalue weighted by Crippen LogP contribution is 2.39. The number of nitrogens with zero attached hydrogens (tertiary/aromatic N) is 10. The minimum Gasteiger partial charge on any atom is -0.304 e.